The van der Waals surface area contributed by atoms with Crippen molar-refractivity contribution in [1.29, 1.82) is 0 Å². The molecule has 2 aromatic carbocycles. The van der Waals surface area contributed by atoms with Gasteiger partial charge >= 0.3 is 0 Å². The molecule has 0 aliphatic rings. The van der Waals surface area contributed by atoms with Gasteiger partial charge in [0.2, 0.25) is 5.91 Å². The third-order valence-electron chi connectivity index (χ3n) is 3.78. The second-order valence-corrected chi connectivity index (χ2v) is 7.27. The molecule has 25 heavy (non-hydrogen) atoms. The van der Waals surface area contributed by atoms with Crippen LogP contribution in [-0.4, -0.2) is 30.6 Å². The van der Waals surface area contributed by atoms with Crippen molar-refractivity contribution in [3.05, 3.63) is 53.6 Å². The number of rotatable bonds is 8. The second kappa shape index (κ2) is 9.37. The van der Waals surface area contributed by atoms with Crippen molar-refractivity contribution >= 4 is 23.4 Å². The predicted octanol–water partition coefficient (Wildman–Crippen LogP) is 4.45. The molecule has 134 valence electrons. The van der Waals surface area contributed by atoms with E-state index in [0.717, 1.165) is 22.6 Å². The molecule has 0 saturated carbocycles. The number of anilines is 1. The third-order valence-corrected chi connectivity index (χ3v) is 4.90. The maximum absolute atomic E-state index is 12.4. The Morgan fingerprint density at radius 2 is 1.92 bits per heavy atom. The van der Waals surface area contributed by atoms with E-state index in [4.69, 9.17) is 9.47 Å². The van der Waals surface area contributed by atoms with Gasteiger partial charge in [0.1, 0.15) is 11.5 Å². The van der Waals surface area contributed by atoms with E-state index >= 15 is 0 Å². The number of hydrogen-bond acceptors (Lipinski definition) is 4. The lowest BCUT2D eigenvalue weighted by atomic mass is 10.2. The number of ether oxygens (including phenoxy) is 2. The molecule has 0 spiro atoms. The van der Waals surface area contributed by atoms with Gasteiger partial charge < -0.3 is 14.8 Å². The van der Waals surface area contributed by atoms with Gasteiger partial charge in [-0.05, 0) is 50.1 Å². The number of para-hydroxylation sites is 1. The lowest BCUT2D eigenvalue weighted by molar-refractivity contribution is -0.115. The van der Waals surface area contributed by atoms with E-state index in [1.165, 1.54) is 0 Å². The molecule has 1 atom stereocenters. The van der Waals surface area contributed by atoms with Gasteiger partial charge in [-0.1, -0.05) is 24.3 Å². The minimum atomic E-state index is -0.175. The first-order chi connectivity index (χ1) is 12.0. The number of benzene rings is 2. The summed E-state index contributed by atoms with van der Waals surface area (Å²) in [6.45, 7) is 6.47. The van der Waals surface area contributed by atoms with Crippen molar-refractivity contribution in [3.63, 3.8) is 0 Å². The molecule has 0 bridgehead atoms. The molecule has 2 rings (SSSR count). The number of hydrogen-bond donors (Lipinski definition) is 1. The van der Waals surface area contributed by atoms with Crippen molar-refractivity contribution < 1.29 is 14.3 Å². The van der Waals surface area contributed by atoms with E-state index in [1.54, 1.807) is 18.9 Å². The van der Waals surface area contributed by atoms with Crippen LogP contribution >= 0.6 is 11.8 Å². The van der Waals surface area contributed by atoms with Gasteiger partial charge in [-0.15, -0.1) is 11.8 Å². The Morgan fingerprint density at radius 3 is 2.64 bits per heavy atom. The molecule has 0 aromatic heterocycles. The largest absolute Gasteiger partial charge is 0.495 e. The summed E-state index contributed by atoms with van der Waals surface area (Å²) < 4.78 is 11.1. The number of aryl methyl sites for hydroxylation is 2. The number of carbonyl (C=O) groups excluding carboxylic acids is 1. The summed E-state index contributed by atoms with van der Waals surface area (Å²) in [6, 6.07) is 13.7. The van der Waals surface area contributed by atoms with Crippen LogP contribution in [0.5, 0.6) is 11.5 Å². The lowest BCUT2D eigenvalue weighted by Gasteiger charge is -2.15. The molecule has 0 fully saturated rings. The molecule has 0 aliphatic carbocycles. The Kier molecular flexibility index (Phi) is 7.19. The van der Waals surface area contributed by atoms with Crippen LogP contribution in [0.2, 0.25) is 0 Å². The molecule has 5 heteroatoms. The monoisotopic (exact) mass is 359 g/mol. The van der Waals surface area contributed by atoms with Crippen LogP contribution in [0.15, 0.2) is 42.5 Å². The van der Waals surface area contributed by atoms with Crippen LogP contribution in [0.25, 0.3) is 0 Å². The molecule has 1 amide bonds. The minimum Gasteiger partial charge on any atom is -0.495 e. The van der Waals surface area contributed by atoms with Gasteiger partial charge in [0.05, 0.1) is 24.7 Å². The summed E-state index contributed by atoms with van der Waals surface area (Å²) in [5, 5.41) is 2.77. The van der Waals surface area contributed by atoms with Crippen LogP contribution in [0.4, 0.5) is 5.69 Å². The molecule has 0 aliphatic heterocycles. The van der Waals surface area contributed by atoms with E-state index in [0.29, 0.717) is 18.0 Å². The standard InChI is InChI=1S/C20H25NO3S/c1-14-9-10-19(23-4)17(13-14)21-20(22)16(3)25-12-11-24-18-8-6-5-7-15(18)2/h5-10,13,16H,11-12H2,1-4H3,(H,21,22). The van der Waals surface area contributed by atoms with Gasteiger partial charge in [-0.25, -0.2) is 0 Å². The Balaban J connectivity index is 1.81. The molecule has 2 aromatic rings. The van der Waals surface area contributed by atoms with E-state index in [9.17, 15) is 4.79 Å². The Morgan fingerprint density at radius 1 is 1.16 bits per heavy atom. The number of methoxy groups -OCH3 is 1. The van der Waals surface area contributed by atoms with Crippen LogP contribution in [-0.2, 0) is 4.79 Å². The zero-order chi connectivity index (χ0) is 18.2. The normalized spacial score (nSPS) is 11.7. The summed E-state index contributed by atoms with van der Waals surface area (Å²) in [7, 11) is 1.60. The lowest BCUT2D eigenvalue weighted by Crippen LogP contribution is -2.23. The molecular weight excluding hydrogens is 334 g/mol. The number of thioether (sulfide) groups is 1. The van der Waals surface area contributed by atoms with E-state index < -0.39 is 0 Å². The van der Waals surface area contributed by atoms with Gasteiger partial charge in [-0.3, -0.25) is 4.79 Å². The Labute approximate surface area is 153 Å². The van der Waals surface area contributed by atoms with Gasteiger partial charge in [0.15, 0.2) is 0 Å². The van der Waals surface area contributed by atoms with Crippen molar-refractivity contribution in [2.45, 2.75) is 26.0 Å². The zero-order valence-electron chi connectivity index (χ0n) is 15.2. The van der Waals surface area contributed by atoms with Crippen LogP contribution in [0.3, 0.4) is 0 Å². The molecule has 1 N–H and O–H groups in total. The maximum atomic E-state index is 12.4. The smallest absolute Gasteiger partial charge is 0.237 e. The predicted molar refractivity (Wildman–Crippen MR) is 105 cm³/mol. The van der Waals surface area contributed by atoms with E-state index in [1.807, 2.05) is 63.2 Å². The van der Waals surface area contributed by atoms with Crippen LogP contribution < -0.4 is 14.8 Å². The Bertz CT molecular complexity index is 718. The summed E-state index contributed by atoms with van der Waals surface area (Å²) >= 11 is 1.57. The van der Waals surface area contributed by atoms with Crippen molar-refractivity contribution in [2.75, 3.05) is 24.8 Å². The number of amides is 1. The number of nitrogens with one attached hydrogen (secondary N) is 1. The highest BCUT2D eigenvalue weighted by Gasteiger charge is 2.15. The highest BCUT2D eigenvalue weighted by atomic mass is 32.2. The van der Waals surface area contributed by atoms with Gasteiger partial charge in [0, 0.05) is 5.75 Å². The first-order valence-corrected chi connectivity index (χ1v) is 9.31. The van der Waals surface area contributed by atoms with Crippen LogP contribution in [0.1, 0.15) is 18.1 Å². The Hall–Kier alpha value is -2.14. The average Bonchev–Trinajstić information content (AvgIpc) is 2.60. The molecule has 0 saturated heterocycles. The topological polar surface area (TPSA) is 47.6 Å². The zero-order valence-corrected chi connectivity index (χ0v) is 16.0. The summed E-state index contributed by atoms with van der Waals surface area (Å²) in [6.07, 6.45) is 0. The minimum absolute atomic E-state index is 0.0372. The van der Waals surface area contributed by atoms with Gasteiger partial charge in [0.25, 0.3) is 0 Å². The SMILES string of the molecule is COc1ccc(C)cc1NC(=O)C(C)SCCOc1ccccc1C. The van der Waals surface area contributed by atoms with Crippen molar-refractivity contribution in [1.82, 2.24) is 0 Å². The highest BCUT2D eigenvalue weighted by Crippen LogP contribution is 2.26. The second-order valence-electron chi connectivity index (χ2n) is 5.82. The van der Waals surface area contributed by atoms with E-state index in [-0.39, 0.29) is 11.2 Å². The fourth-order valence-electron chi connectivity index (χ4n) is 2.32. The number of carbonyl (C=O) groups is 1. The third kappa shape index (κ3) is 5.71. The maximum Gasteiger partial charge on any atom is 0.237 e. The average molecular weight is 359 g/mol. The van der Waals surface area contributed by atoms with Crippen LogP contribution in [0, 0.1) is 13.8 Å². The highest BCUT2D eigenvalue weighted by molar-refractivity contribution is 8.00. The first-order valence-electron chi connectivity index (χ1n) is 8.27. The fraction of sp³-hybridized carbons (Fsp3) is 0.350. The summed E-state index contributed by atoms with van der Waals surface area (Å²) in [4.78, 5) is 12.4. The van der Waals surface area contributed by atoms with Crippen molar-refractivity contribution in [2.24, 2.45) is 0 Å². The van der Waals surface area contributed by atoms with Crippen molar-refractivity contribution in [3.8, 4) is 11.5 Å². The molecule has 4 nitrogen and oxygen atoms in total. The first kappa shape index (κ1) is 19.2. The summed E-state index contributed by atoms with van der Waals surface area (Å²) in [5.41, 5.74) is 2.89. The molecule has 1 unspecified atom stereocenters. The fourth-order valence-corrected chi connectivity index (χ4v) is 3.07. The summed E-state index contributed by atoms with van der Waals surface area (Å²) in [5.74, 6) is 2.27. The molecule has 0 heterocycles. The quantitative estimate of drug-likeness (QED) is 0.707. The van der Waals surface area contributed by atoms with Gasteiger partial charge in [-0.2, -0.15) is 0 Å². The van der Waals surface area contributed by atoms with E-state index in [2.05, 4.69) is 5.32 Å². The molecule has 0 radical (unpaired) electrons. The molecular formula is C20H25NO3S.